The van der Waals surface area contributed by atoms with Crippen molar-refractivity contribution < 1.29 is 4.79 Å². The van der Waals surface area contributed by atoms with Crippen LogP contribution in [0.4, 0.5) is 5.69 Å². The van der Waals surface area contributed by atoms with Crippen molar-refractivity contribution in [3.8, 4) is 16.5 Å². The third-order valence-electron chi connectivity index (χ3n) is 5.78. The van der Waals surface area contributed by atoms with E-state index in [4.69, 9.17) is 5.73 Å². The van der Waals surface area contributed by atoms with Crippen LogP contribution < -0.4 is 16.0 Å². The van der Waals surface area contributed by atoms with E-state index in [0.717, 1.165) is 41.4 Å². The largest absolute Gasteiger partial charge is 0.368 e. The molecule has 2 fully saturated rings. The number of nitriles is 1. The van der Waals surface area contributed by atoms with Gasteiger partial charge in [0, 0.05) is 37.1 Å². The number of aryl methyl sites for hydroxylation is 1. The minimum Gasteiger partial charge on any atom is -0.368 e. The summed E-state index contributed by atoms with van der Waals surface area (Å²) < 4.78 is 0. The number of nitrogens with two attached hydrogens (primary N) is 1. The molecule has 3 N–H and O–H groups in total. The van der Waals surface area contributed by atoms with Gasteiger partial charge in [-0.25, -0.2) is 9.97 Å². The quantitative estimate of drug-likeness (QED) is 0.785. The number of carbonyl (C=O) groups excluding carboxylic acids is 1. The molecule has 0 bridgehead atoms. The first-order valence-corrected chi connectivity index (χ1v) is 10.8. The molecule has 4 rings (SSSR count). The minimum atomic E-state index is -0.341. The Bertz CT molecular complexity index is 988. The molecule has 3 heterocycles. The average Bonchev–Trinajstić information content (AvgIpc) is 3.35. The van der Waals surface area contributed by atoms with Crippen molar-refractivity contribution in [2.24, 2.45) is 11.7 Å². The minimum absolute atomic E-state index is 0.124. The summed E-state index contributed by atoms with van der Waals surface area (Å²) in [4.78, 5) is 24.9. The van der Waals surface area contributed by atoms with Gasteiger partial charge in [0.2, 0.25) is 0 Å². The van der Waals surface area contributed by atoms with Crippen LogP contribution in [-0.4, -0.2) is 40.5 Å². The Balaban J connectivity index is 1.84. The molecule has 1 amide bonds. The van der Waals surface area contributed by atoms with Gasteiger partial charge in [0.25, 0.3) is 5.91 Å². The van der Waals surface area contributed by atoms with Crippen LogP contribution in [0.15, 0.2) is 12.4 Å². The highest BCUT2D eigenvalue weighted by Crippen LogP contribution is 2.41. The van der Waals surface area contributed by atoms with Gasteiger partial charge in [-0.2, -0.15) is 5.26 Å². The Morgan fingerprint density at radius 1 is 1.45 bits per heavy atom. The number of rotatable bonds is 5. The van der Waals surface area contributed by atoms with Crippen molar-refractivity contribution in [2.45, 2.75) is 51.6 Å². The summed E-state index contributed by atoms with van der Waals surface area (Å²) in [7, 11) is 0. The molecule has 8 heteroatoms. The first-order chi connectivity index (χ1) is 13.8. The average molecular weight is 411 g/mol. The van der Waals surface area contributed by atoms with Crippen LogP contribution in [-0.2, 0) is 0 Å². The second-order valence-corrected chi connectivity index (χ2v) is 9.76. The van der Waals surface area contributed by atoms with Gasteiger partial charge < -0.3 is 16.0 Å². The molecular weight excluding hydrogens is 384 g/mol. The first-order valence-electron chi connectivity index (χ1n) is 9.99. The number of hydrogen-bond donors (Lipinski definition) is 2. The lowest BCUT2D eigenvalue weighted by atomic mass is 10.0. The smallest absolute Gasteiger partial charge is 0.255 e. The van der Waals surface area contributed by atoms with Crippen LogP contribution in [0.25, 0.3) is 10.4 Å². The molecule has 7 nitrogen and oxygen atoms in total. The number of amides is 1. The van der Waals surface area contributed by atoms with Crippen molar-refractivity contribution in [1.29, 1.82) is 5.26 Å². The van der Waals surface area contributed by atoms with Crippen molar-refractivity contribution in [1.82, 2.24) is 15.3 Å². The van der Waals surface area contributed by atoms with Crippen molar-refractivity contribution in [3.63, 3.8) is 0 Å². The normalized spacial score (nSPS) is 22.4. The van der Waals surface area contributed by atoms with Gasteiger partial charge in [-0.05, 0) is 46.0 Å². The highest BCUT2D eigenvalue weighted by atomic mass is 32.1. The Kier molecular flexibility index (Phi) is 5.05. The van der Waals surface area contributed by atoms with Crippen LogP contribution in [0.1, 0.15) is 54.2 Å². The van der Waals surface area contributed by atoms with E-state index in [-0.39, 0.29) is 17.5 Å². The fourth-order valence-electron chi connectivity index (χ4n) is 3.97. The summed E-state index contributed by atoms with van der Waals surface area (Å²) in [6, 6.07) is 2.32. The summed E-state index contributed by atoms with van der Waals surface area (Å²) >= 11 is 1.50. The molecule has 2 aliphatic rings. The molecule has 0 radical (unpaired) electrons. The van der Waals surface area contributed by atoms with Gasteiger partial charge in [-0.15, -0.1) is 11.3 Å². The Morgan fingerprint density at radius 3 is 2.76 bits per heavy atom. The summed E-state index contributed by atoms with van der Waals surface area (Å²) in [5, 5.41) is 13.8. The third kappa shape index (κ3) is 3.98. The molecule has 0 spiro atoms. The summed E-state index contributed by atoms with van der Waals surface area (Å²) in [6.45, 7) is 7.33. The molecule has 1 unspecified atom stereocenters. The van der Waals surface area contributed by atoms with Crippen LogP contribution in [0.5, 0.6) is 0 Å². The second kappa shape index (κ2) is 7.39. The first kappa shape index (κ1) is 19.8. The standard InChI is InChI=1S/C21H26N6OS/c1-12(14-4-5-14)26-20(28)15-9-25-16(8-22)18(17-10-24-13(2)29-17)19(15)27-7-6-21(3,23)11-27/h9-10,12,14H,4-7,11,23H2,1-3H3,(H,26,28)/t12?,21-/m0/s1. The van der Waals surface area contributed by atoms with E-state index in [1.807, 2.05) is 20.8 Å². The van der Waals surface area contributed by atoms with E-state index in [2.05, 4.69) is 26.3 Å². The van der Waals surface area contributed by atoms with Gasteiger partial charge in [-0.3, -0.25) is 4.79 Å². The van der Waals surface area contributed by atoms with Crippen molar-refractivity contribution in [2.75, 3.05) is 18.0 Å². The summed E-state index contributed by atoms with van der Waals surface area (Å²) in [5.41, 5.74) is 8.28. The lowest BCUT2D eigenvalue weighted by Gasteiger charge is -2.27. The number of hydrogen-bond acceptors (Lipinski definition) is 7. The number of nitrogens with zero attached hydrogens (tertiary/aromatic N) is 4. The molecule has 2 aromatic heterocycles. The fourth-order valence-corrected chi connectivity index (χ4v) is 4.79. The predicted molar refractivity (Wildman–Crippen MR) is 114 cm³/mol. The molecule has 29 heavy (non-hydrogen) atoms. The van der Waals surface area contributed by atoms with Gasteiger partial charge in [0.15, 0.2) is 5.69 Å². The molecule has 2 atom stereocenters. The fraction of sp³-hybridized carbons (Fsp3) is 0.524. The van der Waals surface area contributed by atoms with Gasteiger partial charge >= 0.3 is 0 Å². The lowest BCUT2D eigenvalue weighted by molar-refractivity contribution is 0.0936. The Hall–Kier alpha value is -2.50. The lowest BCUT2D eigenvalue weighted by Crippen LogP contribution is -2.40. The number of nitrogens with one attached hydrogen (secondary N) is 1. The van der Waals surface area contributed by atoms with Gasteiger partial charge in [-0.1, -0.05) is 0 Å². The van der Waals surface area contributed by atoms with Crippen molar-refractivity contribution >= 4 is 22.9 Å². The number of anilines is 1. The molecule has 2 aromatic rings. The molecular formula is C21H26N6OS. The second-order valence-electron chi connectivity index (χ2n) is 8.52. The van der Waals surface area contributed by atoms with E-state index in [9.17, 15) is 10.1 Å². The third-order valence-corrected chi connectivity index (χ3v) is 6.71. The predicted octanol–water partition coefficient (Wildman–Crippen LogP) is 2.84. The topological polar surface area (TPSA) is 108 Å². The Labute approximate surface area is 175 Å². The van der Waals surface area contributed by atoms with E-state index < -0.39 is 0 Å². The molecule has 1 aliphatic carbocycles. The molecule has 1 saturated carbocycles. The van der Waals surface area contributed by atoms with Crippen LogP contribution in [0, 0.1) is 24.2 Å². The zero-order valence-electron chi connectivity index (χ0n) is 17.0. The molecule has 0 aromatic carbocycles. The maximum Gasteiger partial charge on any atom is 0.255 e. The Morgan fingerprint density at radius 2 is 2.21 bits per heavy atom. The van der Waals surface area contributed by atoms with Crippen LogP contribution in [0.2, 0.25) is 0 Å². The number of thiazole rings is 1. The van der Waals surface area contributed by atoms with Gasteiger partial charge in [0.05, 0.1) is 26.7 Å². The van der Waals surface area contributed by atoms with E-state index in [0.29, 0.717) is 29.3 Å². The molecule has 152 valence electrons. The zero-order chi connectivity index (χ0) is 20.8. The SMILES string of the molecule is Cc1ncc(-c2c(C#N)ncc(C(=O)NC(C)C3CC3)c2N2CC[C@](C)(N)C2)s1. The highest BCUT2D eigenvalue weighted by Gasteiger charge is 2.36. The maximum absolute atomic E-state index is 13.2. The van der Waals surface area contributed by atoms with E-state index >= 15 is 0 Å². The van der Waals surface area contributed by atoms with Crippen LogP contribution in [0.3, 0.4) is 0 Å². The molecule has 1 saturated heterocycles. The van der Waals surface area contributed by atoms with Crippen molar-refractivity contribution in [3.05, 3.63) is 28.7 Å². The number of pyridine rings is 1. The van der Waals surface area contributed by atoms with E-state index in [1.54, 1.807) is 6.20 Å². The van der Waals surface area contributed by atoms with E-state index in [1.165, 1.54) is 17.5 Å². The monoisotopic (exact) mass is 410 g/mol. The van der Waals surface area contributed by atoms with Gasteiger partial charge in [0.1, 0.15) is 6.07 Å². The summed E-state index contributed by atoms with van der Waals surface area (Å²) in [5.74, 6) is 0.404. The zero-order valence-corrected chi connectivity index (χ0v) is 17.8. The molecule has 1 aliphatic heterocycles. The number of carbonyl (C=O) groups is 1. The summed E-state index contributed by atoms with van der Waals surface area (Å²) in [6.07, 6.45) is 6.42. The maximum atomic E-state index is 13.2. The number of aromatic nitrogens is 2. The highest BCUT2D eigenvalue weighted by molar-refractivity contribution is 7.15. The van der Waals surface area contributed by atoms with Crippen LogP contribution >= 0.6 is 11.3 Å².